The van der Waals surface area contributed by atoms with E-state index in [2.05, 4.69) is 15.9 Å². The lowest BCUT2D eigenvalue weighted by Crippen LogP contribution is -2.46. The zero-order chi connectivity index (χ0) is 13.3. The highest BCUT2D eigenvalue weighted by atomic mass is 79.9. The zero-order valence-corrected chi connectivity index (χ0v) is 12.2. The first-order valence-corrected chi connectivity index (χ1v) is 7.71. The van der Waals surface area contributed by atoms with Gasteiger partial charge in [-0.2, -0.15) is 4.31 Å². The lowest BCUT2D eigenvalue weighted by molar-refractivity contribution is 0.0392. The number of hydrogen-bond donors (Lipinski definition) is 0. The normalized spacial score (nSPS) is 22.1. The average Bonchev–Trinajstić information content (AvgIpc) is 2.33. The number of hydrogen-bond acceptors (Lipinski definition) is 3. The Hall–Kier alpha value is -0.500. The zero-order valence-electron chi connectivity index (χ0n) is 9.77. The average molecular weight is 338 g/mol. The van der Waals surface area contributed by atoms with Gasteiger partial charge in [0.2, 0.25) is 10.0 Å². The number of halogens is 2. The van der Waals surface area contributed by atoms with Gasteiger partial charge in [0.25, 0.3) is 0 Å². The minimum absolute atomic E-state index is 0.0306. The summed E-state index contributed by atoms with van der Waals surface area (Å²) in [4.78, 5) is -0.0306. The van der Waals surface area contributed by atoms with E-state index in [1.807, 2.05) is 0 Å². The Labute approximate surface area is 114 Å². The number of rotatable bonds is 2. The number of sulfonamides is 1. The Bertz CT molecular complexity index is 549. The summed E-state index contributed by atoms with van der Waals surface area (Å²) in [5, 5.41) is 0. The molecule has 0 bridgehead atoms. The van der Waals surface area contributed by atoms with E-state index in [4.69, 9.17) is 4.74 Å². The van der Waals surface area contributed by atoms with E-state index in [1.54, 1.807) is 6.92 Å². The summed E-state index contributed by atoms with van der Waals surface area (Å²) in [5.41, 5.74) is 0. The van der Waals surface area contributed by atoms with E-state index in [9.17, 15) is 12.8 Å². The van der Waals surface area contributed by atoms with Gasteiger partial charge in [0.1, 0.15) is 5.82 Å². The van der Waals surface area contributed by atoms with Gasteiger partial charge in [0, 0.05) is 12.6 Å². The molecule has 7 heteroatoms. The van der Waals surface area contributed by atoms with Gasteiger partial charge in [-0.25, -0.2) is 12.8 Å². The molecule has 0 spiro atoms. The summed E-state index contributed by atoms with van der Waals surface area (Å²) in [6.45, 7) is 2.79. The molecule has 1 heterocycles. The molecule has 0 N–H and O–H groups in total. The molecule has 2 rings (SSSR count). The molecule has 1 atom stereocenters. The van der Waals surface area contributed by atoms with Gasteiger partial charge in [-0.1, -0.05) is 0 Å². The van der Waals surface area contributed by atoms with Crippen molar-refractivity contribution in [3.63, 3.8) is 0 Å². The van der Waals surface area contributed by atoms with Crippen molar-refractivity contribution in [2.45, 2.75) is 17.9 Å². The second-order valence-corrected chi connectivity index (χ2v) is 6.86. The lowest BCUT2D eigenvalue weighted by atomic mass is 10.3. The van der Waals surface area contributed by atoms with Gasteiger partial charge in [-0.3, -0.25) is 0 Å². The fourth-order valence-electron chi connectivity index (χ4n) is 1.84. The van der Waals surface area contributed by atoms with Crippen molar-refractivity contribution in [1.29, 1.82) is 0 Å². The van der Waals surface area contributed by atoms with Gasteiger partial charge >= 0.3 is 0 Å². The fourth-order valence-corrected chi connectivity index (χ4v) is 3.70. The molecule has 0 saturated carbocycles. The Morgan fingerprint density at radius 2 is 2.22 bits per heavy atom. The predicted octanol–water partition coefficient (Wildman–Crippen LogP) is 2.00. The van der Waals surface area contributed by atoms with Crippen LogP contribution in [-0.4, -0.2) is 38.5 Å². The van der Waals surface area contributed by atoms with E-state index in [1.165, 1.54) is 16.4 Å². The van der Waals surface area contributed by atoms with E-state index in [-0.39, 0.29) is 15.4 Å². The van der Waals surface area contributed by atoms with Crippen molar-refractivity contribution in [1.82, 2.24) is 4.31 Å². The third-order valence-electron chi connectivity index (χ3n) is 2.80. The van der Waals surface area contributed by atoms with Gasteiger partial charge in [-0.05, 0) is 41.1 Å². The van der Waals surface area contributed by atoms with Gasteiger partial charge in [0.15, 0.2) is 0 Å². The number of morpholine rings is 1. The molecule has 0 unspecified atom stereocenters. The van der Waals surface area contributed by atoms with Crippen LogP contribution in [0.3, 0.4) is 0 Å². The number of nitrogens with zero attached hydrogens (tertiary/aromatic N) is 1. The molecule has 1 saturated heterocycles. The summed E-state index contributed by atoms with van der Waals surface area (Å²) in [6, 6.07) is 3.58. The Kier molecular flexibility index (Phi) is 4.05. The lowest BCUT2D eigenvalue weighted by Gasteiger charge is -2.32. The van der Waals surface area contributed by atoms with Crippen LogP contribution in [-0.2, 0) is 14.8 Å². The molecule has 0 amide bonds. The smallest absolute Gasteiger partial charge is 0.243 e. The Morgan fingerprint density at radius 3 is 2.83 bits per heavy atom. The van der Waals surface area contributed by atoms with Crippen LogP contribution >= 0.6 is 15.9 Å². The largest absolute Gasteiger partial charge is 0.378 e. The van der Waals surface area contributed by atoms with Crippen LogP contribution < -0.4 is 0 Å². The van der Waals surface area contributed by atoms with Crippen LogP contribution in [0.4, 0.5) is 4.39 Å². The van der Waals surface area contributed by atoms with E-state index in [0.717, 1.165) is 6.07 Å². The van der Waals surface area contributed by atoms with Crippen molar-refractivity contribution in [3.05, 3.63) is 28.5 Å². The maximum Gasteiger partial charge on any atom is 0.243 e. The first-order chi connectivity index (χ1) is 8.43. The maximum atomic E-state index is 13.4. The van der Waals surface area contributed by atoms with Crippen molar-refractivity contribution >= 4 is 26.0 Å². The van der Waals surface area contributed by atoms with Crippen LogP contribution in [0.1, 0.15) is 6.92 Å². The van der Waals surface area contributed by atoms with Crippen LogP contribution in [0.15, 0.2) is 27.6 Å². The van der Waals surface area contributed by atoms with Crippen LogP contribution in [0.25, 0.3) is 0 Å². The topological polar surface area (TPSA) is 46.6 Å². The highest BCUT2D eigenvalue weighted by Crippen LogP contribution is 2.24. The van der Waals surface area contributed by atoms with Crippen LogP contribution in [0.5, 0.6) is 0 Å². The summed E-state index contributed by atoms with van der Waals surface area (Å²) < 4.78 is 44.9. The van der Waals surface area contributed by atoms with Crippen molar-refractivity contribution in [2.24, 2.45) is 0 Å². The van der Waals surface area contributed by atoms with Crippen molar-refractivity contribution in [2.75, 3.05) is 19.8 Å². The number of benzene rings is 1. The predicted molar refractivity (Wildman–Crippen MR) is 68.3 cm³/mol. The van der Waals surface area contributed by atoms with Gasteiger partial charge < -0.3 is 4.74 Å². The molecule has 18 heavy (non-hydrogen) atoms. The molecule has 1 aromatic rings. The third-order valence-corrected chi connectivity index (χ3v) is 5.46. The van der Waals surface area contributed by atoms with Crippen LogP contribution in [0.2, 0.25) is 0 Å². The second kappa shape index (κ2) is 5.24. The molecule has 1 aromatic carbocycles. The summed E-state index contributed by atoms with van der Waals surface area (Å²) in [5.74, 6) is -0.586. The molecular weight excluding hydrogens is 325 g/mol. The highest BCUT2D eigenvalue weighted by Gasteiger charge is 2.31. The fraction of sp³-hybridized carbons (Fsp3) is 0.455. The second-order valence-electron chi connectivity index (χ2n) is 4.12. The van der Waals surface area contributed by atoms with Gasteiger partial charge in [-0.15, -0.1) is 0 Å². The van der Waals surface area contributed by atoms with E-state index >= 15 is 0 Å². The minimum Gasteiger partial charge on any atom is -0.378 e. The molecule has 4 nitrogen and oxygen atoms in total. The highest BCUT2D eigenvalue weighted by molar-refractivity contribution is 9.10. The summed E-state index contributed by atoms with van der Waals surface area (Å²) in [7, 11) is -3.66. The monoisotopic (exact) mass is 337 g/mol. The standard InChI is InChI=1S/C11H13BrFNO3S/c1-8-7-17-5-4-14(8)18(15,16)9-2-3-10(12)11(13)6-9/h2-3,6,8H,4-5,7H2,1H3/t8-/m1/s1. The van der Waals surface area contributed by atoms with Gasteiger partial charge in [0.05, 0.1) is 22.6 Å². The Morgan fingerprint density at radius 1 is 1.50 bits per heavy atom. The maximum absolute atomic E-state index is 13.4. The molecule has 0 radical (unpaired) electrons. The third kappa shape index (κ3) is 2.59. The minimum atomic E-state index is -3.66. The van der Waals surface area contributed by atoms with Crippen molar-refractivity contribution in [3.8, 4) is 0 Å². The quantitative estimate of drug-likeness (QED) is 0.829. The SMILES string of the molecule is C[C@@H]1COCCN1S(=O)(=O)c1ccc(Br)c(F)c1. The van der Waals surface area contributed by atoms with Crippen LogP contribution in [0, 0.1) is 5.82 Å². The molecule has 0 aliphatic carbocycles. The molecule has 0 aromatic heterocycles. The number of ether oxygens (including phenoxy) is 1. The summed E-state index contributed by atoms with van der Waals surface area (Å²) in [6.07, 6.45) is 0. The Balaban J connectivity index is 2.37. The molecule has 1 aliphatic rings. The molecular formula is C11H13BrFNO3S. The van der Waals surface area contributed by atoms with Crippen molar-refractivity contribution < 1.29 is 17.5 Å². The van der Waals surface area contributed by atoms with E-state index in [0.29, 0.717) is 19.8 Å². The molecule has 1 fully saturated rings. The molecule has 100 valence electrons. The van der Waals surface area contributed by atoms with E-state index < -0.39 is 15.8 Å². The first-order valence-electron chi connectivity index (χ1n) is 5.47. The first kappa shape index (κ1) is 13.9. The molecule has 1 aliphatic heterocycles. The summed E-state index contributed by atoms with van der Waals surface area (Å²) >= 11 is 3.00.